The molecule has 0 amide bonds. The lowest BCUT2D eigenvalue weighted by Gasteiger charge is -2.08. The average Bonchev–Trinajstić information content (AvgIpc) is 2.16. The Morgan fingerprint density at radius 3 is 2.92 bits per heavy atom. The van der Waals surface area contributed by atoms with Crippen molar-refractivity contribution in [1.82, 2.24) is 4.98 Å². The van der Waals surface area contributed by atoms with Gasteiger partial charge in [0.2, 0.25) is 0 Å². The first kappa shape index (κ1) is 10.1. The van der Waals surface area contributed by atoms with E-state index in [0.29, 0.717) is 10.7 Å². The van der Waals surface area contributed by atoms with E-state index in [2.05, 4.69) is 10.3 Å². The summed E-state index contributed by atoms with van der Waals surface area (Å²) in [6, 6.07) is 3.55. The highest BCUT2D eigenvalue weighted by atomic mass is 35.5. The fourth-order valence-electron chi connectivity index (χ4n) is 0.928. The fourth-order valence-corrected chi connectivity index (χ4v) is 1.26. The number of halogens is 2. The number of nitrogens with zero attached hydrogens (tertiary/aromatic N) is 2. The van der Waals surface area contributed by atoms with Crippen LogP contribution in [0.3, 0.4) is 0 Å². The van der Waals surface area contributed by atoms with Crippen molar-refractivity contribution in [1.29, 1.82) is 5.26 Å². The van der Waals surface area contributed by atoms with Crippen LogP contribution in [-0.4, -0.2) is 12.0 Å². The minimum Gasteiger partial charge on any atom is -0.388 e. The van der Waals surface area contributed by atoms with Gasteiger partial charge in [0.15, 0.2) is 0 Å². The van der Waals surface area contributed by atoms with E-state index in [0.717, 1.165) is 5.69 Å². The summed E-state index contributed by atoms with van der Waals surface area (Å²) < 4.78 is 0. The molecular formula is C8H7Cl2N3. The van der Waals surface area contributed by atoms with E-state index in [1.807, 2.05) is 6.07 Å². The van der Waals surface area contributed by atoms with Crippen molar-refractivity contribution in [3.63, 3.8) is 0 Å². The third kappa shape index (κ3) is 2.24. The number of nitriles is 1. The second kappa shape index (κ2) is 4.31. The van der Waals surface area contributed by atoms with Crippen molar-refractivity contribution >= 4 is 28.9 Å². The number of pyridine rings is 1. The van der Waals surface area contributed by atoms with E-state index >= 15 is 0 Å². The van der Waals surface area contributed by atoms with E-state index in [1.54, 1.807) is 13.1 Å². The number of aromatic nitrogens is 1. The first-order valence-electron chi connectivity index (χ1n) is 3.56. The Morgan fingerprint density at radius 2 is 2.38 bits per heavy atom. The molecule has 1 heterocycles. The van der Waals surface area contributed by atoms with Crippen LogP contribution < -0.4 is 5.32 Å². The first-order valence-corrected chi connectivity index (χ1v) is 4.37. The summed E-state index contributed by atoms with van der Waals surface area (Å²) in [6.07, 6.45) is 1.50. The molecule has 5 heteroatoms. The standard InChI is InChI=1S/C8H7Cl2N3/c1-12-7-2-8(10)13-4-5(7)6(9)3-11/h2,4,6H,1H3,(H,12,13). The van der Waals surface area contributed by atoms with Crippen LogP contribution in [0.25, 0.3) is 0 Å². The maximum absolute atomic E-state index is 8.61. The summed E-state index contributed by atoms with van der Waals surface area (Å²) in [4.78, 5) is 3.85. The summed E-state index contributed by atoms with van der Waals surface area (Å²) in [5.41, 5.74) is 1.36. The lowest BCUT2D eigenvalue weighted by molar-refractivity contribution is 1.15. The number of rotatable bonds is 2. The Morgan fingerprint density at radius 1 is 1.69 bits per heavy atom. The zero-order valence-corrected chi connectivity index (χ0v) is 8.39. The molecule has 1 rings (SSSR count). The van der Waals surface area contributed by atoms with Crippen molar-refractivity contribution in [2.45, 2.75) is 5.38 Å². The van der Waals surface area contributed by atoms with E-state index in [-0.39, 0.29) is 0 Å². The maximum atomic E-state index is 8.61. The van der Waals surface area contributed by atoms with Crippen LogP contribution in [0.2, 0.25) is 5.15 Å². The van der Waals surface area contributed by atoms with Gasteiger partial charge in [0.05, 0.1) is 6.07 Å². The van der Waals surface area contributed by atoms with Gasteiger partial charge in [0.1, 0.15) is 10.5 Å². The Kier molecular flexibility index (Phi) is 3.35. The molecule has 1 unspecified atom stereocenters. The summed E-state index contributed by atoms with van der Waals surface area (Å²) in [5.74, 6) is 0. The van der Waals surface area contributed by atoms with Gasteiger partial charge in [0.25, 0.3) is 0 Å². The van der Waals surface area contributed by atoms with Crippen LogP contribution in [0.5, 0.6) is 0 Å². The van der Waals surface area contributed by atoms with Gasteiger partial charge in [-0.3, -0.25) is 0 Å². The zero-order chi connectivity index (χ0) is 9.84. The van der Waals surface area contributed by atoms with Crippen molar-refractivity contribution in [2.24, 2.45) is 0 Å². The summed E-state index contributed by atoms with van der Waals surface area (Å²) in [7, 11) is 1.73. The van der Waals surface area contributed by atoms with Gasteiger partial charge in [-0.25, -0.2) is 4.98 Å². The van der Waals surface area contributed by atoms with Crippen LogP contribution in [0, 0.1) is 11.3 Å². The van der Waals surface area contributed by atoms with Crippen molar-refractivity contribution in [3.05, 3.63) is 23.0 Å². The van der Waals surface area contributed by atoms with Gasteiger partial charge >= 0.3 is 0 Å². The number of anilines is 1. The molecule has 1 atom stereocenters. The second-order valence-electron chi connectivity index (χ2n) is 2.34. The van der Waals surface area contributed by atoms with Crippen LogP contribution in [0.15, 0.2) is 12.3 Å². The van der Waals surface area contributed by atoms with Gasteiger partial charge in [0, 0.05) is 24.5 Å². The summed E-state index contributed by atoms with van der Waals surface area (Å²) in [6.45, 7) is 0. The molecule has 0 radical (unpaired) electrons. The predicted molar refractivity (Wildman–Crippen MR) is 53.0 cm³/mol. The normalized spacial score (nSPS) is 11.8. The molecule has 0 aromatic carbocycles. The molecule has 0 saturated heterocycles. The lowest BCUT2D eigenvalue weighted by Crippen LogP contribution is -1.98. The molecule has 1 aromatic heterocycles. The third-order valence-corrected chi connectivity index (χ3v) is 2.10. The van der Waals surface area contributed by atoms with Crippen LogP contribution in [-0.2, 0) is 0 Å². The largest absolute Gasteiger partial charge is 0.388 e. The Bertz CT molecular complexity index is 346. The number of hydrogen-bond donors (Lipinski definition) is 1. The van der Waals surface area contributed by atoms with Crippen LogP contribution >= 0.6 is 23.2 Å². The fraction of sp³-hybridized carbons (Fsp3) is 0.250. The second-order valence-corrected chi connectivity index (χ2v) is 3.16. The minimum atomic E-state index is -0.702. The molecular weight excluding hydrogens is 209 g/mol. The topological polar surface area (TPSA) is 48.7 Å². The highest BCUT2D eigenvalue weighted by Gasteiger charge is 2.11. The van der Waals surface area contributed by atoms with Crippen LogP contribution in [0.1, 0.15) is 10.9 Å². The predicted octanol–water partition coefficient (Wildman–Crippen LogP) is 2.58. The SMILES string of the molecule is CNc1cc(Cl)ncc1C(Cl)C#N. The van der Waals surface area contributed by atoms with Gasteiger partial charge < -0.3 is 5.32 Å². The first-order chi connectivity index (χ1) is 6.19. The van der Waals surface area contributed by atoms with E-state index in [4.69, 9.17) is 28.5 Å². The van der Waals surface area contributed by atoms with E-state index in [9.17, 15) is 0 Å². The molecule has 1 N–H and O–H groups in total. The molecule has 3 nitrogen and oxygen atoms in total. The Hall–Kier alpha value is -0.980. The maximum Gasteiger partial charge on any atom is 0.149 e. The Labute approximate surface area is 86.3 Å². The van der Waals surface area contributed by atoms with Gasteiger partial charge in [-0.2, -0.15) is 5.26 Å². The average molecular weight is 216 g/mol. The Balaban J connectivity index is 3.15. The summed E-state index contributed by atoms with van der Waals surface area (Å²) in [5, 5.41) is 11.2. The molecule has 13 heavy (non-hydrogen) atoms. The van der Waals surface area contributed by atoms with Gasteiger partial charge in [-0.15, -0.1) is 11.6 Å². The van der Waals surface area contributed by atoms with Crippen LogP contribution in [0.4, 0.5) is 5.69 Å². The minimum absolute atomic E-state index is 0.370. The highest BCUT2D eigenvalue weighted by molar-refractivity contribution is 6.29. The molecule has 68 valence electrons. The van der Waals surface area contributed by atoms with Crippen molar-refractivity contribution in [3.8, 4) is 6.07 Å². The molecule has 0 aliphatic heterocycles. The molecule has 0 fully saturated rings. The number of alkyl halides is 1. The molecule has 0 aliphatic rings. The molecule has 0 saturated carbocycles. The number of hydrogen-bond acceptors (Lipinski definition) is 3. The zero-order valence-electron chi connectivity index (χ0n) is 6.88. The smallest absolute Gasteiger partial charge is 0.149 e. The molecule has 0 aliphatic carbocycles. The van der Waals surface area contributed by atoms with E-state index < -0.39 is 5.38 Å². The lowest BCUT2D eigenvalue weighted by atomic mass is 10.2. The molecule has 0 spiro atoms. The highest BCUT2D eigenvalue weighted by Crippen LogP contribution is 2.27. The quantitative estimate of drug-likeness (QED) is 0.610. The molecule has 0 bridgehead atoms. The summed E-state index contributed by atoms with van der Waals surface area (Å²) >= 11 is 11.4. The van der Waals surface area contributed by atoms with Crippen molar-refractivity contribution < 1.29 is 0 Å². The van der Waals surface area contributed by atoms with Crippen molar-refractivity contribution in [2.75, 3.05) is 12.4 Å². The molecule has 1 aromatic rings. The van der Waals surface area contributed by atoms with Gasteiger partial charge in [-0.1, -0.05) is 11.6 Å². The number of nitrogens with one attached hydrogen (secondary N) is 1. The van der Waals surface area contributed by atoms with Gasteiger partial charge in [-0.05, 0) is 6.07 Å². The monoisotopic (exact) mass is 215 g/mol. The third-order valence-electron chi connectivity index (χ3n) is 1.56. The van der Waals surface area contributed by atoms with E-state index in [1.165, 1.54) is 6.20 Å².